The SMILES string of the molecule is CCCCC/C=C\C/C=C\C/C=C\C/C=C\CCCCNc1ccc(O)cc1. The van der Waals surface area contributed by atoms with Crippen LogP contribution in [0.4, 0.5) is 5.69 Å². The quantitative estimate of drug-likeness (QED) is 0.173. The first kappa shape index (κ1) is 23.8. The number of unbranched alkanes of at least 4 members (excludes halogenated alkanes) is 5. The molecule has 0 amide bonds. The molecule has 1 aromatic carbocycles. The highest BCUT2D eigenvalue weighted by atomic mass is 16.3. The molecule has 0 aliphatic carbocycles. The summed E-state index contributed by atoms with van der Waals surface area (Å²) in [5.74, 6) is 0.311. The molecule has 1 aromatic rings. The van der Waals surface area contributed by atoms with Gasteiger partial charge in [0.05, 0.1) is 0 Å². The molecule has 0 aromatic heterocycles. The average molecular weight is 382 g/mol. The monoisotopic (exact) mass is 381 g/mol. The molecule has 2 N–H and O–H groups in total. The van der Waals surface area contributed by atoms with E-state index in [4.69, 9.17) is 0 Å². The van der Waals surface area contributed by atoms with Gasteiger partial charge in [-0.05, 0) is 75.6 Å². The molecule has 0 aliphatic heterocycles. The lowest BCUT2D eigenvalue weighted by Crippen LogP contribution is -2.00. The fraction of sp³-hybridized carbons (Fsp3) is 0.462. The maximum absolute atomic E-state index is 9.25. The predicted octanol–water partition coefficient (Wildman–Crippen LogP) is 7.95. The summed E-state index contributed by atoms with van der Waals surface area (Å²) in [6.45, 7) is 3.22. The molecule has 154 valence electrons. The second-order valence-corrected chi connectivity index (χ2v) is 7.06. The van der Waals surface area contributed by atoms with Gasteiger partial charge in [0.1, 0.15) is 5.75 Å². The smallest absolute Gasteiger partial charge is 0.115 e. The summed E-state index contributed by atoms with van der Waals surface area (Å²) in [5, 5.41) is 12.6. The van der Waals surface area contributed by atoms with Gasteiger partial charge in [0.15, 0.2) is 0 Å². The van der Waals surface area contributed by atoms with Gasteiger partial charge in [0.25, 0.3) is 0 Å². The van der Waals surface area contributed by atoms with Gasteiger partial charge in [-0.15, -0.1) is 0 Å². The Morgan fingerprint density at radius 3 is 1.71 bits per heavy atom. The van der Waals surface area contributed by atoms with Gasteiger partial charge >= 0.3 is 0 Å². The first-order valence-electron chi connectivity index (χ1n) is 11.0. The number of allylic oxidation sites excluding steroid dienone is 8. The van der Waals surface area contributed by atoms with Gasteiger partial charge in [-0.25, -0.2) is 0 Å². The summed E-state index contributed by atoms with van der Waals surface area (Å²) in [6, 6.07) is 7.23. The number of nitrogens with one attached hydrogen (secondary N) is 1. The van der Waals surface area contributed by atoms with Crippen LogP contribution in [0.25, 0.3) is 0 Å². The number of hydrogen-bond acceptors (Lipinski definition) is 2. The lowest BCUT2D eigenvalue weighted by atomic mass is 10.2. The van der Waals surface area contributed by atoms with Gasteiger partial charge in [0, 0.05) is 12.2 Å². The van der Waals surface area contributed by atoms with Crippen LogP contribution in [0.15, 0.2) is 72.9 Å². The van der Waals surface area contributed by atoms with Crippen LogP contribution >= 0.6 is 0 Å². The molecule has 0 fully saturated rings. The summed E-state index contributed by atoms with van der Waals surface area (Å²) in [4.78, 5) is 0. The molecule has 1 rings (SSSR count). The van der Waals surface area contributed by atoms with Crippen LogP contribution in [-0.2, 0) is 0 Å². The maximum Gasteiger partial charge on any atom is 0.115 e. The molecule has 0 bridgehead atoms. The number of phenolic OH excluding ortho intramolecular Hbond substituents is 1. The van der Waals surface area contributed by atoms with Gasteiger partial charge in [0.2, 0.25) is 0 Å². The van der Waals surface area contributed by atoms with E-state index in [9.17, 15) is 5.11 Å². The van der Waals surface area contributed by atoms with Crippen molar-refractivity contribution in [3.8, 4) is 5.75 Å². The Morgan fingerprint density at radius 1 is 0.679 bits per heavy atom. The standard InChI is InChI=1S/C26H39NO/c1-2-3-4-5-6-7-8-9-10-11-12-13-14-15-16-17-18-19-24-27-25-20-22-26(28)23-21-25/h6-7,9-10,12-13,15-16,20-23,27-28H,2-5,8,11,14,17-19,24H2,1H3/b7-6-,10-9-,13-12-,16-15-. The van der Waals surface area contributed by atoms with E-state index in [0.29, 0.717) is 5.75 Å². The minimum Gasteiger partial charge on any atom is -0.508 e. The molecule has 0 radical (unpaired) electrons. The predicted molar refractivity (Wildman–Crippen MR) is 125 cm³/mol. The summed E-state index contributed by atoms with van der Waals surface area (Å²) in [6.07, 6.45) is 29.9. The molecule has 0 aliphatic rings. The highest BCUT2D eigenvalue weighted by Crippen LogP contribution is 2.13. The Hall–Kier alpha value is -2.22. The fourth-order valence-corrected chi connectivity index (χ4v) is 2.76. The van der Waals surface area contributed by atoms with E-state index in [1.807, 2.05) is 12.1 Å². The van der Waals surface area contributed by atoms with Gasteiger partial charge < -0.3 is 10.4 Å². The molecule has 0 unspecified atom stereocenters. The van der Waals surface area contributed by atoms with Crippen LogP contribution in [-0.4, -0.2) is 11.7 Å². The lowest BCUT2D eigenvalue weighted by Gasteiger charge is -2.05. The van der Waals surface area contributed by atoms with Crippen molar-refractivity contribution in [3.05, 3.63) is 72.9 Å². The van der Waals surface area contributed by atoms with Crippen LogP contribution in [0.3, 0.4) is 0 Å². The molecule has 2 nitrogen and oxygen atoms in total. The summed E-state index contributed by atoms with van der Waals surface area (Å²) in [5.41, 5.74) is 1.07. The van der Waals surface area contributed by atoms with Crippen molar-refractivity contribution in [1.29, 1.82) is 0 Å². The van der Waals surface area contributed by atoms with Crippen LogP contribution in [0, 0.1) is 0 Å². The molecule has 0 heterocycles. The first-order chi connectivity index (χ1) is 13.8. The lowest BCUT2D eigenvalue weighted by molar-refractivity contribution is 0.475. The van der Waals surface area contributed by atoms with Crippen LogP contribution in [0.5, 0.6) is 5.75 Å². The highest BCUT2D eigenvalue weighted by Gasteiger charge is 1.92. The number of phenols is 1. The van der Waals surface area contributed by atoms with Crippen molar-refractivity contribution >= 4 is 5.69 Å². The summed E-state index contributed by atoms with van der Waals surface area (Å²) in [7, 11) is 0. The van der Waals surface area contributed by atoms with Crippen molar-refractivity contribution in [1.82, 2.24) is 0 Å². The Kier molecular flexibility index (Phi) is 15.4. The van der Waals surface area contributed by atoms with Crippen LogP contribution in [0.2, 0.25) is 0 Å². The molecular weight excluding hydrogens is 342 g/mol. The van der Waals surface area contributed by atoms with Crippen molar-refractivity contribution in [2.75, 3.05) is 11.9 Å². The number of benzene rings is 1. The third kappa shape index (κ3) is 14.9. The Morgan fingerprint density at radius 2 is 1.18 bits per heavy atom. The normalized spacial score (nSPS) is 12.2. The fourth-order valence-electron chi connectivity index (χ4n) is 2.76. The van der Waals surface area contributed by atoms with Crippen LogP contribution < -0.4 is 5.32 Å². The van der Waals surface area contributed by atoms with E-state index in [0.717, 1.165) is 44.3 Å². The molecule has 0 spiro atoms. The zero-order valence-electron chi connectivity index (χ0n) is 17.7. The molecule has 0 saturated heterocycles. The Balaban J connectivity index is 1.90. The third-order valence-electron chi connectivity index (χ3n) is 4.45. The van der Waals surface area contributed by atoms with E-state index in [1.165, 1.54) is 32.1 Å². The van der Waals surface area contributed by atoms with E-state index in [2.05, 4.69) is 60.8 Å². The zero-order chi connectivity index (χ0) is 20.1. The average Bonchev–Trinajstić information content (AvgIpc) is 2.71. The van der Waals surface area contributed by atoms with Crippen molar-refractivity contribution in [2.45, 2.75) is 71.1 Å². The summed E-state index contributed by atoms with van der Waals surface area (Å²) < 4.78 is 0. The highest BCUT2D eigenvalue weighted by molar-refractivity contribution is 5.45. The molecule has 0 atom stereocenters. The largest absolute Gasteiger partial charge is 0.508 e. The molecular formula is C26H39NO. The van der Waals surface area contributed by atoms with Crippen LogP contribution in [0.1, 0.15) is 71.1 Å². The zero-order valence-corrected chi connectivity index (χ0v) is 17.7. The van der Waals surface area contributed by atoms with Crippen molar-refractivity contribution < 1.29 is 5.11 Å². The summed E-state index contributed by atoms with van der Waals surface area (Å²) >= 11 is 0. The topological polar surface area (TPSA) is 32.3 Å². The van der Waals surface area contributed by atoms with E-state index in [1.54, 1.807) is 12.1 Å². The number of hydrogen-bond donors (Lipinski definition) is 2. The van der Waals surface area contributed by atoms with E-state index < -0.39 is 0 Å². The third-order valence-corrected chi connectivity index (χ3v) is 4.45. The second kappa shape index (κ2) is 18.2. The second-order valence-electron chi connectivity index (χ2n) is 7.06. The first-order valence-corrected chi connectivity index (χ1v) is 11.0. The van der Waals surface area contributed by atoms with Crippen molar-refractivity contribution in [3.63, 3.8) is 0 Å². The Labute approximate surface area is 172 Å². The molecule has 0 saturated carbocycles. The number of rotatable bonds is 16. The van der Waals surface area contributed by atoms with E-state index >= 15 is 0 Å². The van der Waals surface area contributed by atoms with Gasteiger partial charge in [-0.1, -0.05) is 68.4 Å². The number of anilines is 1. The minimum atomic E-state index is 0.311. The number of aromatic hydroxyl groups is 1. The van der Waals surface area contributed by atoms with Gasteiger partial charge in [-0.2, -0.15) is 0 Å². The minimum absolute atomic E-state index is 0.311. The molecule has 2 heteroatoms. The molecule has 28 heavy (non-hydrogen) atoms. The Bertz CT molecular complexity index is 581. The van der Waals surface area contributed by atoms with E-state index in [-0.39, 0.29) is 0 Å². The van der Waals surface area contributed by atoms with Gasteiger partial charge in [-0.3, -0.25) is 0 Å². The maximum atomic E-state index is 9.25. The van der Waals surface area contributed by atoms with Crippen molar-refractivity contribution in [2.24, 2.45) is 0 Å².